The third kappa shape index (κ3) is 2.72. The molecule has 4 heteroatoms. The van der Waals surface area contributed by atoms with E-state index in [1.165, 1.54) is 6.26 Å². The van der Waals surface area contributed by atoms with Crippen molar-refractivity contribution in [2.45, 2.75) is 17.6 Å². The van der Waals surface area contributed by atoms with Gasteiger partial charge < -0.3 is 0 Å². The molecule has 14 heavy (non-hydrogen) atoms. The van der Waals surface area contributed by atoms with E-state index < -0.39 is 20.5 Å². The van der Waals surface area contributed by atoms with Crippen molar-refractivity contribution in [2.75, 3.05) is 6.26 Å². The van der Waals surface area contributed by atoms with Gasteiger partial charge in [-0.25, -0.2) is 8.42 Å². The lowest BCUT2D eigenvalue weighted by atomic mass is 10.1. The summed E-state index contributed by atoms with van der Waals surface area (Å²) >= 11 is 6.06. The van der Waals surface area contributed by atoms with Crippen molar-refractivity contribution in [2.24, 2.45) is 0 Å². The van der Waals surface area contributed by atoms with Gasteiger partial charge in [-0.3, -0.25) is 0 Å². The smallest absolute Gasteiger partial charge is 0.151 e. The van der Waals surface area contributed by atoms with Crippen molar-refractivity contribution < 1.29 is 8.42 Å². The maximum absolute atomic E-state index is 11.3. The minimum absolute atomic E-state index is 0.480. The highest BCUT2D eigenvalue weighted by molar-refractivity contribution is 7.91. The third-order valence-corrected chi connectivity index (χ3v) is 4.61. The minimum atomic E-state index is -3.08. The molecule has 0 aliphatic heterocycles. The summed E-state index contributed by atoms with van der Waals surface area (Å²) in [5.41, 5.74) is 0.840. The van der Waals surface area contributed by atoms with Crippen molar-refractivity contribution in [3.63, 3.8) is 0 Å². The minimum Gasteiger partial charge on any atom is -0.229 e. The van der Waals surface area contributed by atoms with Gasteiger partial charge in [-0.15, -0.1) is 11.6 Å². The van der Waals surface area contributed by atoms with E-state index in [0.29, 0.717) is 0 Å². The van der Waals surface area contributed by atoms with Gasteiger partial charge >= 0.3 is 0 Å². The molecule has 1 aromatic rings. The van der Waals surface area contributed by atoms with Crippen LogP contribution in [0.15, 0.2) is 30.3 Å². The summed E-state index contributed by atoms with van der Waals surface area (Å²) in [6, 6.07) is 9.23. The zero-order valence-corrected chi connectivity index (χ0v) is 9.72. The Morgan fingerprint density at radius 1 is 1.21 bits per heavy atom. The first kappa shape index (κ1) is 11.5. The molecule has 0 bridgehead atoms. The summed E-state index contributed by atoms with van der Waals surface area (Å²) in [5, 5.41) is -1.04. The van der Waals surface area contributed by atoms with Crippen LogP contribution in [0.25, 0.3) is 0 Å². The number of rotatable bonds is 3. The van der Waals surface area contributed by atoms with Crippen LogP contribution in [-0.4, -0.2) is 19.9 Å². The van der Waals surface area contributed by atoms with Crippen LogP contribution in [0.2, 0.25) is 0 Å². The van der Waals surface area contributed by atoms with Crippen molar-refractivity contribution in [1.82, 2.24) is 0 Å². The van der Waals surface area contributed by atoms with Crippen LogP contribution in [0.4, 0.5) is 0 Å². The average Bonchev–Trinajstić information content (AvgIpc) is 2.15. The molecule has 0 aromatic heterocycles. The fourth-order valence-electron chi connectivity index (χ4n) is 1.12. The highest BCUT2D eigenvalue weighted by atomic mass is 35.5. The highest BCUT2D eigenvalue weighted by Crippen LogP contribution is 2.27. The standard InChI is InChI=1S/C10H13ClO2S/c1-8(14(2,12)13)10(11)9-6-4-3-5-7-9/h3-8,10H,1-2H3/t8?,10-/m1/s1. The van der Waals surface area contributed by atoms with E-state index in [2.05, 4.69) is 0 Å². The predicted octanol–water partition coefficient (Wildman–Crippen LogP) is 2.40. The summed E-state index contributed by atoms with van der Waals surface area (Å²) in [4.78, 5) is 0. The molecule has 0 saturated heterocycles. The second-order valence-corrected chi connectivity index (χ2v) is 6.22. The number of alkyl halides is 1. The molecule has 0 fully saturated rings. The van der Waals surface area contributed by atoms with E-state index >= 15 is 0 Å². The van der Waals surface area contributed by atoms with Crippen molar-refractivity contribution in [1.29, 1.82) is 0 Å². The van der Waals surface area contributed by atoms with Crippen LogP contribution in [0, 0.1) is 0 Å². The van der Waals surface area contributed by atoms with Crippen LogP contribution in [0.5, 0.6) is 0 Å². The van der Waals surface area contributed by atoms with E-state index in [4.69, 9.17) is 11.6 Å². The number of hydrogen-bond acceptors (Lipinski definition) is 2. The molecule has 0 spiro atoms. The lowest BCUT2D eigenvalue weighted by molar-refractivity contribution is 0.587. The van der Waals surface area contributed by atoms with Gasteiger partial charge in [0.1, 0.15) is 0 Å². The first-order valence-electron chi connectivity index (χ1n) is 4.31. The van der Waals surface area contributed by atoms with Gasteiger partial charge in [0.25, 0.3) is 0 Å². The lowest BCUT2D eigenvalue weighted by Crippen LogP contribution is -2.21. The maximum Gasteiger partial charge on any atom is 0.151 e. The Hall–Kier alpha value is -0.540. The molecule has 2 atom stereocenters. The maximum atomic E-state index is 11.3. The Morgan fingerprint density at radius 3 is 2.14 bits per heavy atom. The molecule has 0 aliphatic rings. The molecule has 78 valence electrons. The Morgan fingerprint density at radius 2 is 1.71 bits per heavy atom. The summed E-state index contributed by atoms with van der Waals surface area (Å²) in [7, 11) is -3.08. The Balaban J connectivity index is 2.92. The quantitative estimate of drug-likeness (QED) is 0.750. The van der Waals surface area contributed by atoms with Gasteiger partial charge in [-0.05, 0) is 12.5 Å². The van der Waals surface area contributed by atoms with E-state index in [1.807, 2.05) is 30.3 Å². The molecule has 0 amide bonds. The van der Waals surface area contributed by atoms with E-state index in [9.17, 15) is 8.42 Å². The summed E-state index contributed by atoms with van der Waals surface area (Å²) in [6.07, 6.45) is 1.20. The number of hydrogen-bond donors (Lipinski definition) is 0. The van der Waals surface area contributed by atoms with Crippen LogP contribution in [-0.2, 0) is 9.84 Å². The van der Waals surface area contributed by atoms with E-state index in [-0.39, 0.29) is 0 Å². The molecule has 0 saturated carbocycles. The van der Waals surface area contributed by atoms with Crippen LogP contribution < -0.4 is 0 Å². The second-order valence-electron chi connectivity index (χ2n) is 3.35. The Labute approximate surface area is 89.8 Å². The van der Waals surface area contributed by atoms with Gasteiger partial charge in [0.15, 0.2) is 9.84 Å². The van der Waals surface area contributed by atoms with Crippen molar-refractivity contribution in [3.05, 3.63) is 35.9 Å². The first-order chi connectivity index (χ1) is 6.43. The Bertz CT molecular complexity index is 386. The summed E-state index contributed by atoms with van der Waals surface area (Å²) < 4.78 is 22.5. The molecule has 0 radical (unpaired) electrons. The first-order valence-corrected chi connectivity index (χ1v) is 6.70. The Kier molecular flexibility index (Phi) is 3.56. The predicted molar refractivity (Wildman–Crippen MR) is 59.3 cm³/mol. The highest BCUT2D eigenvalue weighted by Gasteiger charge is 2.24. The fourth-order valence-corrected chi connectivity index (χ4v) is 2.42. The van der Waals surface area contributed by atoms with E-state index in [0.717, 1.165) is 5.56 Å². The van der Waals surface area contributed by atoms with Gasteiger partial charge in [0, 0.05) is 6.26 Å². The molecular weight excluding hydrogens is 220 g/mol. The monoisotopic (exact) mass is 232 g/mol. The average molecular weight is 233 g/mol. The van der Waals surface area contributed by atoms with Gasteiger partial charge in [-0.1, -0.05) is 30.3 Å². The third-order valence-electron chi connectivity index (χ3n) is 2.21. The summed E-state index contributed by atoms with van der Waals surface area (Å²) in [6.45, 7) is 1.62. The normalized spacial score (nSPS) is 16.2. The summed E-state index contributed by atoms with van der Waals surface area (Å²) in [5.74, 6) is 0. The SMILES string of the molecule is CC([C@@H](Cl)c1ccccc1)S(C)(=O)=O. The van der Waals surface area contributed by atoms with Gasteiger partial charge in [0.05, 0.1) is 10.6 Å². The van der Waals surface area contributed by atoms with Crippen LogP contribution in [0.3, 0.4) is 0 Å². The molecule has 0 aliphatic carbocycles. The number of sulfone groups is 1. The van der Waals surface area contributed by atoms with E-state index in [1.54, 1.807) is 6.92 Å². The molecule has 2 nitrogen and oxygen atoms in total. The fraction of sp³-hybridized carbons (Fsp3) is 0.400. The largest absolute Gasteiger partial charge is 0.229 e. The second kappa shape index (κ2) is 4.32. The zero-order valence-electron chi connectivity index (χ0n) is 8.14. The van der Waals surface area contributed by atoms with Crippen molar-refractivity contribution in [3.8, 4) is 0 Å². The molecule has 0 heterocycles. The zero-order chi connectivity index (χ0) is 10.8. The molecule has 1 rings (SSSR count). The lowest BCUT2D eigenvalue weighted by Gasteiger charge is -2.16. The van der Waals surface area contributed by atoms with Crippen LogP contribution in [0.1, 0.15) is 17.9 Å². The van der Waals surface area contributed by atoms with Gasteiger partial charge in [-0.2, -0.15) is 0 Å². The van der Waals surface area contributed by atoms with Crippen molar-refractivity contribution >= 4 is 21.4 Å². The number of halogens is 1. The number of benzene rings is 1. The molecule has 1 aromatic carbocycles. The molecular formula is C10H13ClO2S. The van der Waals surface area contributed by atoms with Crippen LogP contribution >= 0.6 is 11.6 Å². The topological polar surface area (TPSA) is 34.1 Å². The molecule has 0 N–H and O–H groups in total. The van der Waals surface area contributed by atoms with Gasteiger partial charge in [0.2, 0.25) is 0 Å². The molecule has 1 unspecified atom stereocenters.